The first-order chi connectivity index (χ1) is 11.8. The van der Waals surface area contributed by atoms with Gasteiger partial charge in [-0.3, -0.25) is 9.10 Å². The van der Waals surface area contributed by atoms with Crippen molar-refractivity contribution < 1.29 is 22.0 Å². The predicted octanol–water partition coefficient (Wildman–Crippen LogP) is 3.41. The van der Waals surface area contributed by atoms with Crippen molar-refractivity contribution in [3.05, 3.63) is 58.6 Å². The second-order valence-corrected chi connectivity index (χ2v) is 7.91. The first kappa shape index (κ1) is 17.6. The first-order valence-corrected chi connectivity index (χ1v) is 9.33. The predicted molar refractivity (Wildman–Crippen MR) is 91.5 cm³/mol. The molecule has 0 unspecified atom stereocenters. The third kappa shape index (κ3) is 3.59. The number of benzene rings is 2. The largest absolute Gasteiger partial charge is 0.322 e. The van der Waals surface area contributed by atoms with E-state index in [-0.39, 0.29) is 16.3 Å². The number of carbonyl (C=O) groups excluding carboxylic acids is 1. The molecule has 0 bridgehead atoms. The van der Waals surface area contributed by atoms with Crippen molar-refractivity contribution in [2.75, 3.05) is 21.9 Å². The first-order valence-electron chi connectivity index (χ1n) is 7.34. The van der Waals surface area contributed by atoms with Crippen LogP contribution in [0.4, 0.5) is 20.2 Å². The monoisotopic (exact) mass is 386 g/mol. The van der Waals surface area contributed by atoms with Crippen LogP contribution in [0.25, 0.3) is 0 Å². The summed E-state index contributed by atoms with van der Waals surface area (Å²) >= 11 is 6.15. The highest BCUT2D eigenvalue weighted by Crippen LogP contribution is 2.33. The van der Waals surface area contributed by atoms with Gasteiger partial charge in [-0.2, -0.15) is 0 Å². The Balaban J connectivity index is 1.81. The van der Waals surface area contributed by atoms with Gasteiger partial charge in [0.1, 0.15) is 0 Å². The summed E-state index contributed by atoms with van der Waals surface area (Å²) in [7, 11) is -3.37. The van der Waals surface area contributed by atoms with Gasteiger partial charge in [0.25, 0.3) is 5.91 Å². The number of nitrogens with one attached hydrogen (secondary N) is 1. The molecule has 0 saturated carbocycles. The van der Waals surface area contributed by atoms with Crippen LogP contribution >= 0.6 is 11.6 Å². The third-order valence-corrected chi connectivity index (χ3v) is 5.91. The maximum atomic E-state index is 13.2. The van der Waals surface area contributed by atoms with Gasteiger partial charge in [-0.1, -0.05) is 11.6 Å². The van der Waals surface area contributed by atoms with Crippen molar-refractivity contribution >= 4 is 38.9 Å². The maximum absolute atomic E-state index is 13.2. The van der Waals surface area contributed by atoms with Gasteiger partial charge in [-0.15, -0.1) is 0 Å². The van der Waals surface area contributed by atoms with E-state index in [4.69, 9.17) is 11.6 Å². The van der Waals surface area contributed by atoms with Crippen LogP contribution in [0, 0.1) is 11.6 Å². The van der Waals surface area contributed by atoms with Crippen LogP contribution in [0.3, 0.4) is 0 Å². The number of halogens is 3. The zero-order valence-corrected chi connectivity index (χ0v) is 14.4. The van der Waals surface area contributed by atoms with E-state index in [0.29, 0.717) is 24.3 Å². The molecule has 2 aromatic carbocycles. The SMILES string of the molecule is O=C(Nc1ccc(N2CCCS2(=O)=O)c(Cl)c1)c1ccc(F)c(F)c1. The van der Waals surface area contributed by atoms with E-state index >= 15 is 0 Å². The van der Waals surface area contributed by atoms with Gasteiger partial charge < -0.3 is 5.32 Å². The number of hydrogen-bond donors (Lipinski definition) is 1. The van der Waals surface area contributed by atoms with Crippen LogP contribution < -0.4 is 9.62 Å². The number of carbonyl (C=O) groups is 1. The molecule has 0 atom stereocenters. The molecule has 1 fully saturated rings. The minimum absolute atomic E-state index is 0.0544. The van der Waals surface area contributed by atoms with Gasteiger partial charge in [0, 0.05) is 17.8 Å². The van der Waals surface area contributed by atoms with E-state index in [0.717, 1.165) is 18.2 Å². The quantitative estimate of drug-likeness (QED) is 0.879. The third-order valence-electron chi connectivity index (χ3n) is 3.76. The van der Waals surface area contributed by atoms with Crippen LogP contribution in [0.5, 0.6) is 0 Å². The van der Waals surface area contributed by atoms with E-state index in [1.807, 2.05) is 0 Å². The molecule has 1 aliphatic rings. The molecule has 1 heterocycles. The second kappa shape index (κ2) is 6.61. The van der Waals surface area contributed by atoms with E-state index in [2.05, 4.69) is 5.32 Å². The Bertz CT molecular complexity index is 950. The average Bonchev–Trinajstić information content (AvgIpc) is 2.89. The standard InChI is InChI=1S/C16H13ClF2N2O3S/c17-12-9-11(3-5-15(12)21-6-1-7-25(21,23)24)20-16(22)10-2-4-13(18)14(19)8-10/h2-5,8-9H,1,6-7H2,(H,20,22). The zero-order valence-electron chi connectivity index (χ0n) is 12.8. The Morgan fingerprint density at radius 2 is 1.88 bits per heavy atom. The molecule has 1 aliphatic heterocycles. The Morgan fingerprint density at radius 1 is 1.12 bits per heavy atom. The summed E-state index contributed by atoms with van der Waals surface area (Å²) in [6.07, 6.45) is 0.521. The molecular formula is C16H13ClF2N2O3S. The van der Waals surface area contributed by atoms with Gasteiger partial charge in [-0.05, 0) is 42.8 Å². The van der Waals surface area contributed by atoms with Crippen molar-refractivity contribution in [1.29, 1.82) is 0 Å². The second-order valence-electron chi connectivity index (χ2n) is 5.49. The fraction of sp³-hybridized carbons (Fsp3) is 0.188. The van der Waals surface area contributed by atoms with Crippen LogP contribution in [0.2, 0.25) is 5.02 Å². The molecule has 1 N–H and O–H groups in total. The Labute approximate surface area is 148 Å². The Morgan fingerprint density at radius 3 is 2.48 bits per heavy atom. The van der Waals surface area contributed by atoms with E-state index in [9.17, 15) is 22.0 Å². The summed E-state index contributed by atoms with van der Waals surface area (Å²) in [5.74, 6) is -2.75. The summed E-state index contributed by atoms with van der Waals surface area (Å²) in [6.45, 7) is 0.350. The molecule has 0 aliphatic carbocycles. The Kier molecular flexibility index (Phi) is 4.66. The highest BCUT2D eigenvalue weighted by Gasteiger charge is 2.29. The van der Waals surface area contributed by atoms with E-state index in [1.54, 1.807) is 0 Å². The van der Waals surface area contributed by atoms with E-state index < -0.39 is 27.6 Å². The lowest BCUT2D eigenvalue weighted by Gasteiger charge is -2.19. The smallest absolute Gasteiger partial charge is 0.255 e. The summed E-state index contributed by atoms with van der Waals surface area (Å²) in [4.78, 5) is 12.1. The van der Waals surface area contributed by atoms with E-state index in [1.165, 1.54) is 22.5 Å². The molecule has 1 amide bonds. The maximum Gasteiger partial charge on any atom is 0.255 e. The number of hydrogen-bond acceptors (Lipinski definition) is 3. The minimum atomic E-state index is -3.37. The number of amides is 1. The molecule has 2 aromatic rings. The number of anilines is 2. The van der Waals surface area contributed by atoms with Crippen LogP contribution in [0.1, 0.15) is 16.8 Å². The van der Waals surface area contributed by atoms with Crippen molar-refractivity contribution in [2.24, 2.45) is 0 Å². The van der Waals surface area contributed by atoms with Crippen molar-refractivity contribution in [2.45, 2.75) is 6.42 Å². The highest BCUT2D eigenvalue weighted by atomic mass is 35.5. The van der Waals surface area contributed by atoms with Gasteiger partial charge >= 0.3 is 0 Å². The van der Waals surface area contributed by atoms with Crippen LogP contribution in [-0.2, 0) is 10.0 Å². The molecule has 3 rings (SSSR count). The lowest BCUT2D eigenvalue weighted by atomic mass is 10.2. The molecule has 25 heavy (non-hydrogen) atoms. The van der Waals surface area contributed by atoms with Gasteiger partial charge in [0.2, 0.25) is 10.0 Å². The number of sulfonamides is 1. The van der Waals surface area contributed by atoms with Gasteiger partial charge in [0.15, 0.2) is 11.6 Å². The number of nitrogens with zero attached hydrogens (tertiary/aromatic N) is 1. The molecule has 0 aromatic heterocycles. The average molecular weight is 387 g/mol. The fourth-order valence-electron chi connectivity index (χ4n) is 2.54. The molecule has 0 spiro atoms. The molecule has 0 radical (unpaired) electrons. The summed E-state index contributed by atoms with van der Waals surface area (Å²) in [5, 5.41) is 2.66. The molecule has 9 heteroatoms. The van der Waals surface area contributed by atoms with Crippen molar-refractivity contribution in [3.63, 3.8) is 0 Å². The van der Waals surface area contributed by atoms with Crippen molar-refractivity contribution in [3.8, 4) is 0 Å². The van der Waals surface area contributed by atoms with Crippen LogP contribution in [-0.4, -0.2) is 26.6 Å². The summed E-state index contributed by atoms with van der Waals surface area (Å²) < 4.78 is 51.3. The Hall–Kier alpha value is -2.19. The zero-order chi connectivity index (χ0) is 18.2. The normalized spacial score (nSPS) is 16.0. The molecule has 5 nitrogen and oxygen atoms in total. The molecular weight excluding hydrogens is 374 g/mol. The number of rotatable bonds is 3. The minimum Gasteiger partial charge on any atom is -0.322 e. The van der Waals surface area contributed by atoms with Gasteiger partial charge in [0.05, 0.1) is 16.5 Å². The summed E-state index contributed by atoms with van der Waals surface area (Å²) in [5.41, 5.74) is 0.589. The highest BCUT2D eigenvalue weighted by molar-refractivity contribution is 7.93. The van der Waals surface area contributed by atoms with Crippen LogP contribution in [0.15, 0.2) is 36.4 Å². The fourth-order valence-corrected chi connectivity index (χ4v) is 4.45. The van der Waals surface area contributed by atoms with Crippen molar-refractivity contribution in [1.82, 2.24) is 0 Å². The topological polar surface area (TPSA) is 66.5 Å². The lowest BCUT2D eigenvalue weighted by Crippen LogP contribution is -2.25. The van der Waals surface area contributed by atoms with Gasteiger partial charge in [-0.25, -0.2) is 17.2 Å². The molecule has 132 valence electrons. The lowest BCUT2D eigenvalue weighted by molar-refractivity contribution is 0.102. The summed E-state index contributed by atoms with van der Waals surface area (Å²) in [6, 6.07) is 7.19. The molecule has 1 saturated heterocycles.